The Hall–Kier alpha value is -1.62. The van der Waals surface area contributed by atoms with Crippen molar-refractivity contribution < 1.29 is 9.59 Å². The zero-order valence-electron chi connectivity index (χ0n) is 10.2. The van der Waals surface area contributed by atoms with Crippen molar-refractivity contribution in [3.63, 3.8) is 0 Å². The van der Waals surface area contributed by atoms with Crippen LogP contribution >= 0.6 is 11.6 Å². The van der Waals surface area contributed by atoms with E-state index in [4.69, 9.17) is 11.6 Å². The molecule has 0 spiro atoms. The first-order chi connectivity index (χ1) is 8.49. The van der Waals surface area contributed by atoms with Crippen LogP contribution in [0.25, 0.3) is 0 Å². The Balaban J connectivity index is 2.27. The second-order valence-electron chi connectivity index (χ2n) is 4.29. The maximum atomic E-state index is 12.3. The van der Waals surface area contributed by atoms with Crippen LogP contribution in [0.3, 0.4) is 0 Å². The number of carbonyl (C=O) groups is 2. The van der Waals surface area contributed by atoms with Crippen LogP contribution in [0.1, 0.15) is 23.0 Å². The third-order valence-corrected chi connectivity index (χ3v) is 3.12. The van der Waals surface area contributed by atoms with E-state index in [9.17, 15) is 9.59 Å². The number of rotatable bonds is 1. The highest BCUT2D eigenvalue weighted by Crippen LogP contribution is 2.15. The van der Waals surface area contributed by atoms with E-state index in [1.54, 1.807) is 24.8 Å². The Labute approximate surface area is 110 Å². The van der Waals surface area contributed by atoms with Crippen LogP contribution in [0.2, 0.25) is 5.15 Å². The van der Waals surface area contributed by atoms with Crippen LogP contribution in [0.5, 0.6) is 0 Å². The van der Waals surface area contributed by atoms with Crippen LogP contribution in [-0.4, -0.2) is 40.8 Å². The summed E-state index contributed by atoms with van der Waals surface area (Å²) in [6.45, 7) is 4.47. The molecule has 1 saturated heterocycles. The van der Waals surface area contributed by atoms with Gasteiger partial charge >= 0.3 is 0 Å². The minimum Gasteiger partial charge on any atom is -0.353 e. The summed E-state index contributed by atoms with van der Waals surface area (Å²) in [5, 5.41) is 3.00. The predicted octanol–water partition coefficient (Wildman–Crippen LogP) is 1.00. The molecule has 96 valence electrons. The summed E-state index contributed by atoms with van der Waals surface area (Å²) >= 11 is 5.84. The maximum Gasteiger partial charge on any atom is 0.254 e. The van der Waals surface area contributed by atoms with Crippen molar-refractivity contribution in [1.29, 1.82) is 0 Å². The van der Waals surface area contributed by atoms with Gasteiger partial charge < -0.3 is 10.2 Å². The maximum absolute atomic E-state index is 12.3. The fourth-order valence-corrected chi connectivity index (χ4v) is 2.23. The molecular formula is C12H14ClN3O2. The van der Waals surface area contributed by atoms with Gasteiger partial charge in [-0.25, -0.2) is 4.98 Å². The summed E-state index contributed by atoms with van der Waals surface area (Å²) in [5.41, 5.74) is 1.15. The molecule has 2 amide bonds. The van der Waals surface area contributed by atoms with Crippen LogP contribution in [0.4, 0.5) is 0 Å². The number of carbonyl (C=O) groups excluding carboxylic acids is 2. The number of nitrogens with zero attached hydrogens (tertiary/aromatic N) is 2. The quantitative estimate of drug-likeness (QED) is 0.773. The van der Waals surface area contributed by atoms with Gasteiger partial charge in [0.25, 0.3) is 5.91 Å². The second kappa shape index (κ2) is 4.94. The smallest absolute Gasteiger partial charge is 0.254 e. The Bertz CT molecular complexity index is 484. The molecule has 0 aromatic carbocycles. The molecule has 1 unspecified atom stereocenters. The predicted molar refractivity (Wildman–Crippen MR) is 67.5 cm³/mol. The van der Waals surface area contributed by atoms with Crippen LogP contribution in [-0.2, 0) is 4.79 Å². The molecule has 1 aromatic heterocycles. The van der Waals surface area contributed by atoms with E-state index in [2.05, 4.69) is 10.3 Å². The van der Waals surface area contributed by atoms with Crippen molar-refractivity contribution in [2.45, 2.75) is 19.9 Å². The van der Waals surface area contributed by atoms with Crippen molar-refractivity contribution in [2.24, 2.45) is 0 Å². The summed E-state index contributed by atoms with van der Waals surface area (Å²) in [7, 11) is 0. The minimum absolute atomic E-state index is 0.133. The lowest BCUT2D eigenvalue weighted by Crippen LogP contribution is -2.55. The van der Waals surface area contributed by atoms with Gasteiger partial charge in [0.15, 0.2) is 0 Å². The highest BCUT2D eigenvalue weighted by atomic mass is 35.5. The molecule has 2 heterocycles. The monoisotopic (exact) mass is 267 g/mol. The van der Waals surface area contributed by atoms with Crippen molar-refractivity contribution in [1.82, 2.24) is 15.2 Å². The molecule has 6 heteroatoms. The molecule has 0 saturated carbocycles. The van der Waals surface area contributed by atoms with Gasteiger partial charge in [0.1, 0.15) is 11.2 Å². The Kier molecular flexibility index (Phi) is 3.52. The zero-order chi connectivity index (χ0) is 13.3. The fourth-order valence-electron chi connectivity index (χ4n) is 1.98. The van der Waals surface area contributed by atoms with Crippen molar-refractivity contribution >= 4 is 23.4 Å². The summed E-state index contributed by atoms with van der Waals surface area (Å²) in [6.07, 6.45) is 0. The molecular weight excluding hydrogens is 254 g/mol. The van der Waals surface area contributed by atoms with E-state index in [0.717, 1.165) is 0 Å². The molecule has 1 aliphatic heterocycles. The number of piperazine rings is 1. The normalized spacial score (nSPS) is 19.6. The molecule has 2 rings (SSSR count). The van der Waals surface area contributed by atoms with E-state index >= 15 is 0 Å². The molecule has 1 fully saturated rings. The Morgan fingerprint density at radius 3 is 2.94 bits per heavy atom. The number of nitrogens with one attached hydrogen (secondary N) is 1. The lowest BCUT2D eigenvalue weighted by molar-refractivity contribution is -0.127. The number of pyridine rings is 1. The topological polar surface area (TPSA) is 62.3 Å². The van der Waals surface area contributed by atoms with Crippen LogP contribution < -0.4 is 5.32 Å². The van der Waals surface area contributed by atoms with Crippen molar-refractivity contribution in [2.75, 3.05) is 13.1 Å². The van der Waals surface area contributed by atoms with Gasteiger partial charge in [-0.3, -0.25) is 9.59 Å². The van der Waals surface area contributed by atoms with Gasteiger partial charge in [-0.15, -0.1) is 0 Å². The van der Waals surface area contributed by atoms with Crippen LogP contribution in [0, 0.1) is 6.92 Å². The Morgan fingerprint density at radius 2 is 2.28 bits per heavy atom. The number of halogens is 1. The largest absolute Gasteiger partial charge is 0.353 e. The first-order valence-corrected chi connectivity index (χ1v) is 6.09. The SMILES string of the molecule is Cc1cc(C(=O)N2CCNC(=O)C2C)cc(Cl)n1. The lowest BCUT2D eigenvalue weighted by Gasteiger charge is -2.32. The van der Waals surface area contributed by atoms with Gasteiger partial charge in [0.2, 0.25) is 5.91 Å². The van der Waals surface area contributed by atoms with Crippen LogP contribution in [0.15, 0.2) is 12.1 Å². The van der Waals surface area contributed by atoms with Gasteiger partial charge in [0.05, 0.1) is 0 Å². The van der Waals surface area contributed by atoms with E-state index in [0.29, 0.717) is 24.3 Å². The second-order valence-corrected chi connectivity index (χ2v) is 4.67. The van der Waals surface area contributed by atoms with Gasteiger partial charge in [0, 0.05) is 24.3 Å². The summed E-state index contributed by atoms with van der Waals surface area (Å²) in [5.74, 6) is -0.323. The summed E-state index contributed by atoms with van der Waals surface area (Å²) in [4.78, 5) is 29.4. The molecule has 5 nitrogen and oxygen atoms in total. The number of aromatic nitrogens is 1. The lowest BCUT2D eigenvalue weighted by atomic mass is 10.1. The third kappa shape index (κ3) is 2.46. The number of amides is 2. The average Bonchev–Trinajstić information content (AvgIpc) is 2.30. The highest BCUT2D eigenvalue weighted by Gasteiger charge is 2.30. The molecule has 0 radical (unpaired) electrons. The fraction of sp³-hybridized carbons (Fsp3) is 0.417. The molecule has 1 aromatic rings. The number of hydrogen-bond donors (Lipinski definition) is 1. The molecule has 1 N–H and O–H groups in total. The molecule has 1 aliphatic rings. The zero-order valence-corrected chi connectivity index (χ0v) is 11.0. The van der Waals surface area contributed by atoms with Crippen molar-refractivity contribution in [3.8, 4) is 0 Å². The summed E-state index contributed by atoms with van der Waals surface area (Å²) < 4.78 is 0. The number of hydrogen-bond acceptors (Lipinski definition) is 3. The first-order valence-electron chi connectivity index (χ1n) is 5.72. The van der Waals surface area contributed by atoms with Gasteiger partial charge in [-0.05, 0) is 26.0 Å². The van der Waals surface area contributed by atoms with Gasteiger partial charge in [-0.1, -0.05) is 11.6 Å². The van der Waals surface area contributed by atoms with E-state index in [1.165, 1.54) is 6.07 Å². The standard InChI is InChI=1S/C12H14ClN3O2/c1-7-5-9(6-10(13)15-7)12(18)16-4-3-14-11(17)8(16)2/h5-6,8H,3-4H2,1-2H3,(H,14,17). The molecule has 1 atom stereocenters. The number of aryl methyl sites for hydroxylation is 1. The van der Waals surface area contributed by atoms with E-state index in [1.807, 2.05) is 0 Å². The van der Waals surface area contributed by atoms with Gasteiger partial charge in [-0.2, -0.15) is 0 Å². The molecule has 0 bridgehead atoms. The first kappa shape index (κ1) is 12.8. The molecule has 0 aliphatic carbocycles. The van der Waals surface area contributed by atoms with E-state index in [-0.39, 0.29) is 17.0 Å². The average molecular weight is 268 g/mol. The minimum atomic E-state index is -0.460. The van der Waals surface area contributed by atoms with Crippen molar-refractivity contribution in [3.05, 3.63) is 28.5 Å². The van der Waals surface area contributed by atoms with E-state index < -0.39 is 6.04 Å². The Morgan fingerprint density at radius 1 is 1.56 bits per heavy atom. The third-order valence-electron chi connectivity index (χ3n) is 2.93. The summed E-state index contributed by atoms with van der Waals surface area (Å²) in [6, 6.07) is 2.74. The molecule has 18 heavy (non-hydrogen) atoms. The highest BCUT2D eigenvalue weighted by molar-refractivity contribution is 6.29.